The average Bonchev–Trinajstić information content (AvgIpc) is 3.16. The highest BCUT2D eigenvalue weighted by Crippen LogP contribution is 2.48. The van der Waals surface area contributed by atoms with Crippen LogP contribution in [0.3, 0.4) is 0 Å². The lowest BCUT2D eigenvalue weighted by molar-refractivity contribution is 0.610. The summed E-state index contributed by atoms with van der Waals surface area (Å²) in [6, 6.07) is 40.2. The van der Waals surface area contributed by atoms with Gasteiger partial charge in [-0.15, -0.1) is 12.3 Å². The van der Waals surface area contributed by atoms with E-state index in [9.17, 15) is 0 Å². The molecule has 1 aliphatic carbocycles. The van der Waals surface area contributed by atoms with Crippen LogP contribution < -0.4 is 0 Å². The minimum atomic E-state index is 0.0183. The molecule has 0 aromatic heterocycles. The fourth-order valence-electron chi connectivity index (χ4n) is 6.39. The zero-order valence-corrected chi connectivity index (χ0v) is 23.1. The van der Waals surface area contributed by atoms with E-state index in [0.717, 1.165) is 19.3 Å². The lowest BCUT2D eigenvalue weighted by atomic mass is 9.78. The molecule has 0 aliphatic heterocycles. The highest BCUT2D eigenvalue weighted by molar-refractivity contribution is 5.96. The fourth-order valence-corrected chi connectivity index (χ4v) is 6.39. The Morgan fingerprint density at radius 3 is 2.03 bits per heavy atom. The predicted octanol–water partition coefficient (Wildman–Crippen LogP) is 10.2. The van der Waals surface area contributed by atoms with Crippen LogP contribution in [-0.4, -0.2) is 0 Å². The molecule has 0 heteroatoms. The van der Waals surface area contributed by atoms with Gasteiger partial charge in [0.15, 0.2) is 0 Å². The molecule has 0 spiro atoms. The van der Waals surface area contributed by atoms with Crippen molar-refractivity contribution in [2.75, 3.05) is 0 Å². The van der Waals surface area contributed by atoms with Crippen molar-refractivity contribution in [3.05, 3.63) is 137 Å². The summed E-state index contributed by atoms with van der Waals surface area (Å²) in [5.74, 6) is 2.82. The van der Waals surface area contributed by atoms with E-state index in [1.807, 2.05) is 0 Å². The smallest absolute Gasteiger partial charge is 0.0124 e. The van der Waals surface area contributed by atoms with E-state index in [1.165, 1.54) is 66.4 Å². The molecule has 0 unspecified atom stereocenters. The molecule has 0 N–H and O–H groups in total. The highest BCUT2D eigenvalue weighted by Gasteiger charge is 2.35. The Balaban J connectivity index is 1.20. The van der Waals surface area contributed by atoms with Gasteiger partial charge in [0.2, 0.25) is 0 Å². The molecule has 0 atom stereocenters. The van der Waals surface area contributed by atoms with E-state index in [-0.39, 0.29) is 5.41 Å². The average molecular weight is 503 g/mol. The van der Waals surface area contributed by atoms with Gasteiger partial charge in [-0.05, 0) is 86.7 Å². The second-order valence-electron chi connectivity index (χ2n) is 11.3. The van der Waals surface area contributed by atoms with Crippen LogP contribution in [0, 0.1) is 12.3 Å². The summed E-state index contributed by atoms with van der Waals surface area (Å²) in [5, 5.41) is 2.58. The standard InChI is InChI=1S/C39H34/c1-5-6-14-37-27(2)34-24-23-33(26-38(34)39(37,3)4)30-19-15-28(16-20-30)25-29-17-21-32(22-18-29)36-13-9-11-31-10-7-8-12-35(31)36/h1,7-13,15-24,26H,6,14,25H2,2-4H3. The molecule has 0 radical (unpaired) electrons. The molecule has 0 bridgehead atoms. The monoisotopic (exact) mass is 502 g/mol. The number of rotatable bonds is 6. The van der Waals surface area contributed by atoms with Gasteiger partial charge in [-0.3, -0.25) is 0 Å². The minimum absolute atomic E-state index is 0.0183. The lowest BCUT2D eigenvalue weighted by Gasteiger charge is -2.25. The molecule has 6 rings (SSSR count). The Morgan fingerprint density at radius 1 is 0.667 bits per heavy atom. The summed E-state index contributed by atoms with van der Waals surface area (Å²) in [6.45, 7) is 6.93. The van der Waals surface area contributed by atoms with Crippen LogP contribution in [-0.2, 0) is 11.8 Å². The maximum atomic E-state index is 5.58. The van der Waals surface area contributed by atoms with Crippen molar-refractivity contribution in [3.8, 4) is 34.6 Å². The van der Waals surface area contributed by atoms with Crippen molar-refractivity contribution in [2.45, 2.75) is 45.4 Å². The molecule has 0 nitrogen and oxygen atoms in total. The van der Waals surface area contributed by atoms with E-state index in [2.05, 4.69) is 136 Å². The molecule has 0 amide bonds. The largest absolute Gasteiger partial charge is 0.120 e. The van der Waals surface area contributed by atoms with Crippen molar-refractivity contribution in [3.63, 3.8) is 0 Å². The number of benzene rings is 5. The Kier molecular flexibility index (Phi) is 6.46. The van der Waals surface area contributed by atoms with Crippen molar-refractivity contribution in [1.82, 2.24) is 0 Å². The van der Waals surface area contributed by atoms with Gasteiger partial charge < -0.3 is 0 Å². The Labute approximate surface area is 233 Å². The first-order valence-corrected chi connectivity index (χ1v) is 13.9. The zero-order valence-electron chi connectivity index (χ0n) is 23.1. The van der Waals surface area contributed by atoms with E-state index < -0.39 is 0 Å². The molecule has 0 saturated heterocycles. The predicted molar refractivity (Wildman–Crippen MR) is 168 cm³/mol. The van der Waals surface area contributed by atoms with Gasteiger partial charge in [0.25, 0.3) is 0 Å². The third-order valence-electron chi connectivity index (χ3n) is 8.57. The lowest BCUT2D eigenvalue weighted by Crippen LogP contribution is -2.17. The summed E-state index contributed by atoms with van der Waals surface area (Å²) in [7, 11) is 0. The molecule has 0 saturated carbocycles. The Hall–Kier alpha value is -4.34. The van der Waals surface area contributed by atoms with Crippen LogP contribution in [0.25, 0.3) is 38.6 Å². The van der Waals surface area contributed by atoms with Gasteiger partial charge in [0.05, 0.1) is 0 Å². The summed E-state index contributed by atoms with van der Waals surface area (Å²) >= 11 is 0. The van der Waals surface area contributed by atoms with Crippen molar-refractivity contribution < 1.29 is 0 Å². The Morgan fingerprint density at radius 2 is 1.31 bits per heavy atom. The molecule has 39 heavy (non-hydrogen) atoms. The molecule has 1 aliphatic rings. The van der Waals surface area contributed by atoms with E-state index >= 15 is 0 Å². The zero-order chi connectivity index (χ0) is 27.0. The number of allylic oxidation sites excluding steroid dienone is 2. The minimum Gasteiger partial charge on any atom is -0.120 e. The number of terminal acetylenes is 1. The number of fused-ring (bicyclic) bond motifs is 2. The van der Waals surface area contributed by atoms with E-state index in [0.29, 0.717) is 0 Å². The van der Waals surface area contributed by atoms with Gasteiger partial charge in [-0.2, -0.15) is 0 Å². The van der Waals surface area contributed by atoms with Crippen LogP contribution in [0.4, 0.5) is 0 Å². The fraction of sp³-hybridized carbons (Fsp3) is 0.179. The normalized spacial score (nSPS) is 13.9. The summed E-state index contributed by atoms with van der Waals surface area (Å²) in [5.41, 5.74) is 13.4. The Bertz CT molecular complexity index is 1730. The molecular formula is C39H34. The van der Waals surface area contributed by atoms with E-state index in [1.54, 1.807) is 0 Å². The van der Waals surface area contributed by atoms with Gasteiger partial charge in [-0.25, -0.2) is 0 Å². The number of hydrogen-bond acceptors (Lipinski definition) is 0. The van der Waals surface area contributed by atoms with Gasteiger partial charge in [0.1, 0.15) is 0 Å². The first-order valence-electron chi connectivity index (χ1n) is 13.9. The molecule has 5 aromatic rings. The van der Waals surface area contributed by atoms with Gasteiger partial charge in [-0.1, -0.05) is 123 Å². The van der Waals surface area contributed by atoms with Crippen molar-refractivity contribution in [1.29, 1.82) is 0 Å². The van der Waals surface area contributed by atoms with Gasteiger partial charge >= 0.3 is 0 Å². The van der Waals surface area contributed by atoms with Gasteiger partial charge in [0, 0.05) is 11.8 Å². The first kappa shape index (κ1) is 25.0. The molecule has 190 valence electrons. The van der Waals surface area contributed by atoms with E-state index in [4.69, 9.17) is 6.42 Å². The van der Waals surface area contributed by atoms with Crippen molar-refractivity contribution in [2.24, 2.45) is 0 Å². The quantitative estimate of drug-likeness (QED) is 0.203. The molecule has 0 heterocycles. The second kappa shape index (κ2) is 10.1. The number of hydrogen-bond donors (Lipinski definition) is 0. The second-order valence-corrected chi connectivity index (χ2v) is 11.3. The van der Waals surface area contributed by atoms with Crippen LogP contribution in [0.5, 0.6) is 0 Å². The maximum Gasteiger partial charge on any atom is 0.0124 e. The van der Waals surface area contributed by atoms with Crippen LogP contribution in [0.2, 0.25) is 0 Å². The summed E-state index contributed by atoms with van der Waals surface area (Å²) in [6.07, 6.45) is 8.27. The maximum absolute atomic E-state index is 5.58. The molecule has 0 fully saturated rings. The van der Waals surface area contributed by atoms with Crippen LogP contribution in [0.15, 0.2) is 115 Å². The van der Waals surface area contributed by atoms with Crippen LogP contribution >= 0.6 is 0 Å². The summed E-state index contributed by atoms with van der Waals surface area (Å²) < 4.78 is 0. The third-order valence-corrected chi connectivity index (χ3v) is 8.57. The molecular weight excluding hydrogens is 468 g/mol. The SMILES string of the molecule is C#CCCC1=C(C)c2ccc(-c3ccc(Cc4ccc(-c5cccc6ccccc56)cc4)cc3)cc2C1(C)C. The first-order chi connectivity index (χ1) is 19.0. The topological polar surface area (TPSA) is 0 Å². The summed E-state index contributed by atoms with van der Waals surface area (Å²) in [4.78, 5) is 0. The van der Waals surface area contributed by atoms with Crippen LogP contribution in [0.1, 0.15) is 55.9 Å². The third kappa shape index (κ3) is 4.60. The van der Waals surface area contributed by atoms with Crippen molar-refractivity contribution >= 4 is 16.3 Å². The highest BCUT2D eigenvalue weighted by atomic mass is 14.4. The molecule has 5 aromatic carbocycles.